The maximum Gasteiger partial charge on any atom is 0.161 e. The second kappa shape index (κ2) is 20.6. The van der Waals surface area contributed by atoms with Crippen LogP contribution >= 0.6 is 12.4 Å². The van der Waals surface area contributed by atoms with Crippen LogP contribution in [0.5, 0.6) is 11.5 Å². The van der Waals surface area contributed by atoms with E-state index in [-0.39, 0.29) is 12.4 Å². The smallest absolute Gasteiger partial charge is 0.161 e. The maximum atomic E-state index is 10.6. The van der Waals surface area contributed by atoms with Gasteiger partial charge in [0.25, 0.3) is 0 Å². The zero-order chi connectivity index (χ0) is 29.2. The number of rotatable bonds is 20. The van der Waals surface area contributed by atoms with Crippen LogP contribution in [0.3, 0.4) is 0 Å². The molecule has 2 aromatic rings. The van der Waals surface area contributed by atoms with E-state index in [1.165, 1.54) is 63.4 Å². The molecule has 1 heterocycles. The van der Waals surface area contributed by atoms with Crippen LogP contribution in [0.25, 0.3) is 0 Å². The number of piperazine rings is 1. The first kappa shape index (κ1) is 35.9. The van der Waals surface area contributed by atoms with E-state index < -0.39 is 5.41 Å². The van der Waals surface area contributed by atoms with E-state index in [2.05, 4.69) is 59.2 Å². The Labute approximate surface area is 263 Å². The molecule has 1 atom stereocenters. The number of hydrogen-bond donors (Lipinski definition) is 0. The van der Waals surface area contributed by atoms with Crippen molar-refractivity contribution in [3.63, 3.8) is 0 Å². The predicted molar refractivity (Wildman–Crippen MR) is 178 cm³/mol. The highest BCUT2D eigenvalue weighted by molar-refractivity contribution is 5.85. The minimum atomic E-state index is -0.491. The van der Waals surface area contributed by atoms with Crippen molar-refractivity contribution in [1.82, 2.24) is 9.80 Å². The van der Waals surface area contributed by atoms with Crippen LogP contribution in [0, 0.1) is 11.3 Å². The largest absolute Gasteiger partial charge is 0.493 e. The van der Waals surface area contributed by atoms with Crippen LogP contribution in [-0.2, 0) is 12.0 Å². The third kappa shape index (κ3) is 11.8. The lowest BCUT2D eigenvalue weighted by atomic mass is 9.74. The number of benzene rings is 2. The fraction of sp³-hybridized carbons (Fsp3) is 0.639. The highest BCUT2D eigenvalue weighted by Crippen LogP contribution is 2.39. The number of nitriles is 1. The molecule has 2 aromatic carbocycles. The van der Waals surface area contributed by atoms with E-state index in [1.54, 1.807) is 14.2 Å². The normalized spacial score (nSPS) is 15.4. The summed E-state index contributed by atoms with van der Waals surface area (Å²) in [6, 6.07) is 19.7. The molecule has 0 aromatic heterocycles. The number of halogens is 1. The predicted octanol–water partition coefficient (Wildman–Crippen LogP) is 8.80. The maximum absolute atomic E-state index is 10.6. The van der Waals surface area contributed by atoms with E-state index in [4.69, 9.17) is 9.47 Å². The van der Waals surface area contributed by atoms with Crippen LogP contribution in [0.15, 0.2) is 48.5 Å². The van der Waals surface area contributed by atoms with E-state index >= 15 is 0 Å². The molecule has 0 bridgehead atoms. The Hall–Kier alpha value is -2.26. The third-order valence-corrected chi connectivity index (χ3v) is 8.90. The quantitative estimate of drug-likeness (QED) is 0.143. The summed E-state index contributed by atoms with van der Waals surface area (Å²) in [5.74, 6) is 1.43. The summed E-state index contributed by atoms with van der Waals surface area (Å²) in [5.41, 5.74) is 1.97. The summed E-state index contributed by atoms with van der Waals surface area (Å²) in [6.45, 7) is 8.76. The van der Waals surface area contributed by atoms with E-state index in [0.717, 1.165) is 76.3 Å². The summed E-state index contributed by atoms with van der Waals surface area (Å²) in [5, 5.41) is 10.6. The average molecular weight is 598 g/mol. The molecular formula is C36H56ClN3O2. The van der Waals surface area contributed by atoms with Gasteiger partial charge < -0.3 is 14.4 Å². The van der Waals surface area contributed by atoms with Gasteiger partial charge in [-0.3, -0.25) is 4.90 Å². The fourth-order valence-electron chi connectivity index (χ4n) is 6.26. The molecule has 1 saturated heterocycles. The summed E-state index contributed by atoms with van der Waals surface area (Å²) >= 11 is 0. The van der Waals surface area contributed by atoms with E-state index in [9.17, 15) is 5.26 Å². The van der Waals surface area contributed by atoms with Crippen molar-refractivity contribution in [3.05, 3.63) is 59.7 Å². The van der Waals surface area contributed by atoms with Crippen molar-refractivity contribution in [3.8, 4) is 17.6 Å². The molecule has 234 valence electrons. The van der Waals surface area contributed by atoms with Crippen molar-refractivity contribution in [2.75, 3.05) is 46.9 Å². The molecule has 6 heteroatoms. The molecule has 0 N–H and O–H groups in total. The molecule has 1 aliphatic heterocycles. The second-order valence-electron chi connectivity index (χ2n) is 11.9. The number of unbranched alkanes of at least 4 members (excludes halogenated alkanes) is 9. The molecule has 1 fully saturated rings. The summed E-state index contributed by atoms with van der Waals surface area (Å²) in [4.78, 5) is 5.14. The topological polar surface area (TPSA) is 48.7 Å². The standard InChI is InChI=1S/C36H55N3O2.ClH/c1-4-5-6-7-8-9-10-11-12-16-22-36(31-37,33-20-21-34(40-2)35(29-33)41-3)23-17-24-38-25-27-39(28-26-38)30-32-18-14-13-15-19-32;/h13-15,18-21,29H,4-12,16-17,22-28,30H2,1-3H3;1H. The SMILES string of the molecule is CCCCCCCCCCCCC(C#N)(CCCN1CCN(Cc2ccccc2)CC1)c1ccc(OC)c(OC)c1.Cl. The van der Waals surface area contributed by atoms with Crippen molar-refractivity contribution in [2.24, 2.45) is 0 Å². The minimum absolute atomic E-state index is 0. The lowest BCUT2D eigenvalue weighted by molar-refractivity contribution is 0.124. The van der Waals surface area contributed by atoms with Gasteiger partial charge in [-0.2, -0.15) is 5.26 Å². The van der Waals surface area contributed by atoms with E-state index in [1.807, 2.05) is 12.1 Å². The Morgan fingerprint density at radius 1 is 0.714 bits per heavy atom. The third-order valence-electron chi connectivity index (χ3n) is 8.90. The van der Waals surface area contributed by atoms with Gasteiger partial charge in [-0.25, -0.2) is 0 Å². The Balaban J connectivity index is 0.00000616. The second-order valence-corrected chi connectivity index (χ2v) is 11.9. The van der Waals surface area contributed by atoms with Gasteiger partial charge in [0.1, 0.15) is 0 Å². The first-order valence-corrected chi connectivity index (χ1v) is 16.3. The summed E-state index contributed by atoms with van der Waals surface area (Å²) in [7, 11) is 3.34. The molecule has 5 nitrogen and oxygen atoms in total. The van der Waals surface area contributed by atoms with Crippen molar-refractivity contribution in [1.29, 1.82) is 5.26 Å². The van der Waals surface area contributed by atoms with Crippen molar-refractivity contribution in [2.45, 2.75) is 102 Å². The molecule has 0 aliphatic carbocycles. The molecule has 42 heavy (non-hydrogen) atoms. The number of methoxy groups -OCH3 is 2. The first-order chi connectivity index (χ1) is 20.1. The number of hydrogen-bond acceptors (Lipinski definition) is 5. The van der Waals surface area contributed by atoms with Gasteiger partial charge in [-0.15, -0.1) is 12.4 Å². The molecule has 0 radical (unpaired) electrons. The van der Waals surface area contributed by atoms with Crippen LogP contribution in [0.1, 0.15) is 102 Å². The zero-order valence-corrected chi connectivity index (χ0v) is 27.4. The van der Waals surface area contributed by atoms with Gasteiger partial charge in [-0.05, 0) is 49.1 Å². The van der Waals surface area contributed by atoms with Crippen molar-refractivity contribution >= 4 is 12.4 Å². The Bertz CT molecular complexity index is 1020. The van der Waals surface area contributed by atoms with Crippen LogP contribution in [0.2, 0.25) is 0 Å². The monoisotopic (exact) mass is 597 g/mol. The summed E-state index contributed by atoms with van der Waals surface area (Å²) < 4.78 is 11.1. The van der Waals surface area contributed by atoms with Gasteiger partial charge in [0.2, 0.25) is 0 Å². The Morgan fingerprint density at radius 2 is 1.29 bits per heavy atom. The molecule has 1 aliphatic rings. The van der Waals surface area contributed by atoms with Crippen LogP contribution < -0.4 is 9.47 Å². The first-order valence-electron chi connectivity index (χ1n) is 16.3. The van der Waals surface area contributed by atoms with Gasteiger partial charge in [0.05, 0.1) is 25.7 Å². The lowest BCUT2D eigenvalue weighted by Crippen LogP contribution is -2.46. The van der Waals surface area contributed by atoms with Gasteiger partial charge in [0.15, 0.2) is 11.5 Å². The lowest BCUT2D eigenvalue weighted by Gasteiger charge is -2.35. The van der Waals surface area contributed by atoms with Crippen LogP contribution in [-0.4, -0.2) is 56.7 Å². The fourth-order valence-corrected chi connectivity index (χ4v) is 6.26. The Kier molecular flexibility index (Phi) is 17.6. The molecular weight excluding hydrogens is 542 g/mol. The van der Waals surface area contributed by atoms with E-state index in [0.29, 0.717) is 5.75 Å². The van der Waals surface area contributed by atoms with Gasteiger partial charge in [-0.1, -0.05) is 108 Å². The molecule has 0 spiro atoms. The van der Waals surface area contributed by atoms with Gasteiger partial charge >= 0.3 is 0 Å². The van der Waals surface area contributed by atoms with Crippen molar-refractivity contribution < 1.29 is 9.47 Å². The van der Waals surface area contributed by atoms with Crippen LogP contribution in [0.4, 0.5) is 0 Å². The highest BCUT2D eigenvalue weighted by Gasteiger charge is 2.33. The average Bonchev–Trinajstić information content (AvgIpc) is 3.02. The summed E-state index contributed by atoms with van der Waals surface area (Å²) in [6.07, 6.45) is 15.9. The molecule has 1 unspecified atom stereocenters. The number of ether oxygens (including phenoxy) is 2. The Morgan fingerprint density at radius 3 is 1.88 bits per heavy atom. The molecule has 0 amide bonds. The molecule has 0 saturated carbocycles. The highest BCUT2D eigenvalue weighted by atomic mass is 35.5. The molecule has 3 rings (SSSR count). The minimum Gasteiger partial charge on any atom is -0.493 e. The zero-order valence-electron chi connectivity index (χ0n) is 26.6. The van der Waals surface area contributed by atoms with Gasteiger partial charge in [0, 0.05) is 32.7 Å². The number of nitrogens with zero attached hydrogens (tertiary/aromatic N) is 3.